The van der Waals surface area contributed by atoms with Crippen molar-refractivity contribution in [1.82, 2.24) is 13.8 Å². The van der Waals surface area contributed by atoms with Crippen molar-refractivity contribution >= 4 is 21.7 Å². The Morgan fingerprint density at radius 2 is 2.12 bits per heavy atom. The van der Waals surface area contributed by atoms with Gasteiger partial charge in [-0.15, -0.1) is 0 Å². The maximum Gasteiger partial charge on any atom is 0.270 e. The molecule has 0 unspecified atom stereocenters. The molecule has 0 aromatic carbocycles. The summed E-state index contributed by atoms with van der Waals surface area (Å²) in [5, 5.41) is 0.749. The molecule has 0 aliphatic carbocycles. The van der Waals surface area contributed by atoms with Gasteiger partial charge in [-0.2, -0.15) is 0 Å². The Balaban J connectivity index is 1.80. The van der Waals surface area contributed by atoms with Crippen LogP contribution in [0.5, 0.6) is 0 Å². The van der Waals surface area contributed by atoms with E-state index >= 15 is 0 Å². The maximum absolute atomic E-state index is 12.0. The van der Waals surface area contributed by atoms with Crippen LogP contribution in [0.4, 0.5) is 0 Å². The van der Waals surface area contributed by atoms with Gasteiger partial charge >= 0.3 is 0 Å². The molecule has 0 bridgehead atoms. The lowest BCUT2D eigenvalue weighted by molar-refractivity contribution is 0.326. The predicted octanol–water partition coefficient (Wildman–Crippen LogP) is 1.55. The molecule has 3 rings (SSSR count). The Morgan fingerprint density at radius 1 is 1.29 bits per heavy atom. The van der Waals surface area contributed by atoms with Crippen LogP contribution in [0.25, 0.3) is 10.2 Å². The van der Waals surface area contributed by atoms with E-state index in [1.54, 1.807) is 6.20 Å². The molecule has 1 aliphatic heterocycles. The zero-order valence-corrected chi connectivity index (χ0v) is 10.4. The van der Waals surface area contributed by atoms with Gasteiger partial charge in [0.05, 0.1) is 5.39 Å². The van der Waals surface area contributed by atoms with E-state index in [-0.39, 0.29) is 5.56 Å². The molecule has 0 N–H and O–H groups in total. The molecule has 0 radical (unpaired) electrons. The highest BCUT2D eigenvalue weighted by Gasteiger charge is 2.13. The molecule has 1 fully saturated rings. The minimum atomic E-state index is 0.109. The molecular weight excluding hydrogens is 234 g/mol. The van der Waals surface area contributed by atoms with Crippen molar-refractivity contribution in [3.63, 3.8) is 0 Å². The fourth-order valence-corrected chi connectivity index (χ4v) is 3.22. The first-order valence-corrected chi connectivity index (χ1v) is 6.79. The van der Waals surface area contributed by atoms with Crippen molar-refractivity contribution in [1.29, 1.82) is 0 Å². The van der Waals surface area contributed by atoms with Crippen LogP contribution in [-0.4, -0.2) is 33.5 Å². The van der Waals surface area contributed by atoms with E-state index in [1.807, 2.05) is 16.1 Å². The topological polar surface area (TPSA) is 38.1 Å². The van der Waals surface area contributed by atoms with Gasteiger partial charge in [0.25, 0.3) is 5.56 Å². The van der Waals surface area contributed by atoms with Crippen LogP contribution in [0.15, 0.2) is 23.1 Å². The van der Waals surface area contributed by atoms with Gasteiger partial charge in [0, 0.05) is 19.3 Å². The molecule has 1 aliphatic rings. The Hall–Kier alpha value is -1.20. The van der Waals surface area contributed by atoms with Crippen molar-refractivity contribution < 1.29 is 0 Å². The standard InChI is InChI=1S/C12H15N3OS/c16-12-10-4-3-5-13-11(10)17-15(12)9-8-14-6-1-2-7-14/h3-5H,1-2,6-9H2. The molecule has 3 heterocycles. The van der Waals surface area contributed by atoms with Crippen molar-refractivity contribution in [2.45, 2.75) is 19.4 Å². The van der Waals surface area contributed by atoms with Crippen LogP contribution in [0.2, 0.25) is 0 Å². The zero-order chi connectivity index (χ0) is 11.7. The Labute approximate surface area is 104 Å². The molecule has 5 heteroatoms. The normalized spacial score (nSPS) is 16.9. The van der Waals surface area contributed by atoms with Crippen molar-refractivity contribution in [3.05, 3.63) is 28.7 Å². The molecule has 4 nitrogen and oxygen atoms in total. The third kappa shape index (κ3) is 2.12. The number of hydrogen-bond acceptors (Lipinski definition) is 4. The zero-order valence-electron chi connectivity index (χ0n) is 9.63. The summed E-state index contributed by atoms with van der Waals surface area (Å²) < 4.78 is 1.83. The van der Waals surface area contributed by atoms with Crippen molar-refractivity contribution in [2.24, 2.45) is 0 Å². The number of hydrogen-bond donors (Lipinski definition) is 0. The first-order valence-electron chi connectivity index (χ1n) is 6.02. The molecule has 90 valence electrons. The number of nitrogens with zero attached hydrogens (tertiary/aromatic N) is 3. The van der Waals surface area contributed by atoms with E-state index in [0.29, 0.717) is 0 Å². The van der Waals surface area contributed by atoms with Crippen LogP contribution in [0.3, 0.4) is 0 Å². The average Bonchev–Trinajstić information content (AvgIpc) is 2.96. The van der Waals surface area contributed by atoms with Crippen molar-refractivity contribution in [2.75, 3.05) is 19.6 Å². The maximum atomic E-state index is 12.0. The van der Waals surface area contributed by atoms with Gasteiger partial charge in [-0.3, -0.25) is 8.75 Å². The molecule has 0 amide bonds. The van der Waals surface area contributed by atoms with Gasteiger partial charge in [0.2, 0.25) is 0 Å². The van der Waals surface area contributed by atoms with Gasteiger partial charge in [-0.05, 0) is 49.6 Å². The summed E-state index contributed by atoms with van der Waals surface area (Å²) in [6.07, 6.45) is 4.33. The van der Waals surface area contributed by atoms with Gasteiger partial charge in [0.1, 0.15) is 4.83 Å². The summed E-state index contributed by atoms with van der Waals surface area (Å²) in [5.74, 6) is 0. The lowest BCUT2D eigenvalue weighted by atomic mass is 10.4. The van der Waals surface area contributed by atoms with E-state index in [2.05, 4.69) is 9.88 Å². The Kier molecular flexibility index (Phi) is 2.94. The molecule has 0 saturated carbocycles. The average molecular weight is 249 g/mol. The Bertz CT molecular complexity index is 568. The second kappa shape index (κ2) is 4.58. The van der Waals surface area contributed by atoms with Crippen LogP contribution in [0, 0.1) is 0 Å². The summed E-state index contributed by atoms with van der Waals surface area (Å²) in [6.45, 7) is 4.13. The first kappa shape index (κ1) is 10.9. The molecule has 1 saturated heterocycles. The molecule has 2 aromatic heterocycles. The molecule has 0 spiro atoms. The summed E-state index contributed by atoms with van der Waals surface area (Å²) in [7, 11) is 0. The summed E-state index contributed by atoms with van der Waals surface area (Å²) in [5.41, 5.74) is 0.109. The Morgan fingerprint density at radius 3 is 2.88 bits per heavy atom. The van der Waals surface area contributed by atoms with E-state index in [9.17, 15) is 4.79 Å². The van der Waals surface area contributed by atoms with Gasteiger partial charge < -0.3 is 4.90 Å². The lowest BCUT2D eigenvalue weighted by Gasteiger charge is -2.13. The SMILES string of the molecule is O=c1c2cccnc2sn1CCN1CCCC1. The van der Waals surface area contributed by atoms with Gasteiger partial charge in [0.15, 0.2) is 0 Å². The third-order valence-electron chi connectivity index (χ3n) is 3.24. The fraction of sp³-hybridized carbons (Fsp3) is 0.500. The van der Waals surface area contributed by atoms with E-state index < -0.39 is 0 Å². The predicted molar refractivity (Wildman–Crippen MR) is 69.6 cm³/mol. The van der Waals surface area contributed by atoms with E-state index in [0.717, 1.165) is 23.3 Å². The van der Waals surface area contributed by atoms with Crippen LogP contribution in [-0.2, 0) is 6.54 Å². The summed E-state index contributed by atoms with van der Waals surface area (Å²) in [4.78, 5) is 19.5. The van der Waals surface area contributed by atoms with Crippen LogP contribution in [0.1, 0.15) is 12.8 Å². The molecular formula is C12H15N3OS. The smallest absolute Gasteiger partial charge is 0.270 e. The second-order valence-electron chi connectivity index (χ2n) is 4.40. The second-order valence-corrected chi connectivity index (χ2v) is 5.41. The number of rotatable bonds is 3. The van der Waals surface area contributed by atoms with Crippen molar-refractivity contribution in [3.8, 4) is 0 Å². The number of aromatic nitrogens is 2. The summed E-state index contributed by atoms with van der Waals surface area (Å²) in [6, 6.07) is 3.68. The molecule has 17 heavy (non-hydrogen) atoms. The molecule has 0 atom stereocenters. The van der Waals surface area contributed by atoms with Crippen LogP contribution < -0.4 is 5.56 Å². The van der Waals surface area contributed by atoms with E-state index in [1.165, 1.54) is 37.5 Å². The number of fused-ring (bicyclic) bond motifs is 1. The summed E-state index contributed by atoms with van der Waals surface area (Å²) >= 11 is 1.47. The lowest BCUT2D eigenvalue weighted by Crippen LogP contribution is -2.26. The largest absolute Gasteiger partial charge is 0.302 e. The highest BCUT2D eigenvalue weighted by atomic mass is 32.1. The van der Waals surface area contributed by atoms with Crippen LogP contribution >= 0.6 is 11.5 Å². The number of pyridine rings is 1. The highest BCUT2D eigenvalue weighted by molar-refractivity contribution is 7.13. The first-order chi connectivity index (χ1) is 8.34. The highest BCUT2D eigenvalue weighted by Crippen LogP contribution is 2.13. The fourth-order valence-electron chi connectivity index (χ4n) is 2.29. The minimum Gasteiger partial charge on any atom is -0.302 e. The number of likely N-dealkylation sites (tertiary alicyclic amines) is 1. The quantitative estimate of drug-likeness (QED) is 0.828. The van der Waals surface area contributed by atoms with Gasteiger partial charge in [-0.25, -0.2) is 4.98 Å². The molecule has 2 aromatic rings. The van der Waals surface area contributed by atoms with Gasteiger partial charge in [-0.1, -0.05) is 0 Å². The third-order valence-corrected chi connectivity index (χ3v) is 4.31. The monoisotopic (exact) mass is 249 g/mol. The minimum absolute atomic E-state index is 0.109. The van der Waals surface area contributed by atoms with E-state index in [4.69, 9.17) is 0 Å².